The van der Waals surface area contributed by atoms with Gasteiger partial charge in [-0.05, 0) is 18.2 Å². The van der Waals surface area contributed by atoms with E-state index >= 15 is 0 Å². The molecule has 2 nitrogen and oxygen atoms in total. The van der Waals surface area contributed by atoms with Crippen molar-refractivity contribution in [3.63, 3.8) is 0 Å². The van der Waals surface area contributed by atoms with E-state index in [9.17, 15) is 0 Å². The third-order valence-corrected chi connectivity index (χ3v) is 2.95. The molecular formula is C13H9ClN2. The minimum atomic E-state index is 0.883. The first-order chi connectivity index (χ1) is 7.86. The van der Waals surface area contributed by atoms with Crippen LogP contribution < -0.4 is 4.42 Å². The zero-order valence-electron chi connectivity index (χ0n) is 8.47. The van der Waals surface area contributed by atoms with Crippen molar-refractivity contribution < 1.29 is 0 Å². The molecule has 3 rings (SSSR count). The predicted molar refractivity (Wildman–Crippen MR) is 68.1 cm³/mol. The number of hydrogen-bond acceptors (Lipinski definition) is 2. The fourth-order valence-electron chi connectivity index (χ4n) is 1.78. The van der Waals surface area contributed by atoms with Crippen LogP contribution in [0.2, 0.25) is 0 Å². The molecule has 1 aliphatic rings. The molecule has 2 aromatic carbocycles. The van der Waals surface area contributed by atoms with E-state index in [1.54, 1.807) is 4.42 Å². The molecule has 0 N–H and O–H groups in total. The number of aliphatic imine (C=N–C) groups is 1. The molecule has 1 heterocycles. The van der Waals surface area contributed by atoms with Crippen LogP contribution in [-0.2, 0) is 0 Å². The highest BCUT2D eigenvalue weighted by Crippen LogP contribution is 2.38. The van der Waals surface area contributed by atoms with Crippen LogP contribution >= 0.6 is 11.8 Å². The summed E-state index contributed by atoms with van der Waals surface area (Å²) in [6.45, 7) is 0. The highest BCUT2D eigenvalue weighted by molar-refractivity contribution is 6.31. The summed E-state index contributed by atoms with van der Waals surface area (Å²) in [5, 5.41) is 0. The lowest BCUT2D eigenvalue weighted by atomic mass is 10.2. The van der Waals surface area contributed by atoms with Gasteiger partial charge in [0.15, 0.2) is 0 Å². The van der Waals surface area contributed by atoms with Gasteiger partial charge in [0.1, 0.15) is 0 Å². The van der Waals surface area contributed by atoms with Gasteiger partial charge in [0, 0.05) is 23.6 Å². The Hall–Kier alpha value is -1.80. The molecule has 1 aliphatic heterocycles. The van der Waals surface area contributed by atoms with E-state index in [1.165, 1.54) is 0 Å². The molecule has 3 heteroatoms. The highest BCUT2D eigenvalue weighted by Gasteiger charge is 2.15. The Kier molecular flexibility index (Phi) is 2.15. The summed E-state index contributed by atoms with van der Waals surface area (Å²) in [6, 6.07) is 15.8. The van der Waals surface area contributed by atoms with Crippen molar-refractivity contribution in [2.75, 3.05) is 4.42 Å². The van der Waals surface area contributed by atoms with Crippen LogP contribution in [0.15, 0.2) is 53.5 Å². The number of rotatable bonds is 0. The molecule has 0 fully saturated rings. The average Bonchev–Trinajstić information content (AvgIpc) is 2.49. The molecule has 0 aliphatic carbocycles. The van der Waals surface area contributed by atoms with E-state index in [2.05, 4.69) is 4.99 Å². The number of anilines is 2. The molecule has 16 heavy (non-hydrogen) atoms. The number of nitrogens with zero attached hydrogens (tertiary/aromatic N) is 2. The van der Waals surface area contributed by atoms with E-state index in [0.29, 0.717) is 0 Å². The second kappa shape index (κ2) is 3.65. The van der Waals surface area contributed by atoms with Gasteiger partial charge in [-0.25, -0.2) is 0 Å². The third kappa shape index (κ3) is 1.39. The highest BCUT2D eigenvalue weighted by atomic mass is 35.5. The van der Waals surface area contributed by atoms with Crippen LogP contribution in [-0.4, -0.2) is 6.21 Å². The molecule has 78 valence electrons. The Balaban J connectivity index is 2.26. The van der Waals surface area contributed by atoms with Gasteiger partial charge < -0.3 is 0 Å². The van der Waals surface area contributed by atoms with Gasteiger partial charge in [0.2, 0.25) is 0 Å². The Labute approximate surface area is 98.9 Å². The lowest BCUT2D eigenvalue weighted by Gasteiger charge is -2.17. The number of para-hydroxylation sites is 3. The van der Waals surface area contributed by atoms with E-state index in [0.717, 1.165) is 22.6 Å². The molecule has 0 spiro atoms. The third-order valence-electron chi connectivity index (χ3n) is 2.58. The molecule has 0 bridgehead atoms. The molecule has 2 aromatic rings. The Morgan fingerprint density at radius 1 is 0.875 bits per heavy atom. The van der Waals surface area contributed by atoms with Crippen LogP contribution in [0.4, 0.5) is 17.1 Å². The lowest BCUT2D eigenvalue weighted by Crippen LogP contribution is -2.02. The second-order valence-electron chi connectivity index (χ2n) is 3.59. The lowest BCUT2D eigenvalue weighted by molar-refractivity contribution is 1.41. The maximum absolute atomic E-state index is 6.34. The van der Waals surface area contributed by atoms with E-state index in [1.807, 2.05) is 54.7 Å². The minimum Gasteiger partial charge on any atom is -0.254 e. The average molecular weight is 229 g/mol. The summed E-state index contributed by atoms with van der Waals surface area (Å²) < 4.78 is 1.65. The van der Waals surface area contributed by atoms with E-state index in [-0.39, 0.29) is 0 Å². The normalized spacial score (nSPS) is 12.9. The number of benzene rings is 2. The number of hydrogen-bond donors (Lipinski definition) is 0. The monoisotopic (exact) mass is 228 g/mol. The van der Waals surface area contributed by atoms with Crippen molar-refractivity contribution in [2.24, 2.45) is 4.99 Å². The van der Waals surface area contributed by atoms with Crippen molar-refractivity contribution in [1.29, 1.82) is 0 Å². The van der Waals surface area contributed by atoms with Crippen molar-refractivity contribution in [1.82, 2.24) is 0 Å². The summed E-state index contributed by atoms with van der Waals surface area (Å²) in [6.07, 6.45) is 1.84. The van der Waals surface area contributed by atoms with Crippen molar-refractivity contribution in [3.05, 3.63) is 54.1 Å². The summed E-state index contributed by atoms with van der Waals surface area (Å²) in [5.74, 6) is 0. The Bertz CT molecular complexity index is 514. The van der Waals surface area contributed by atoms with Gasteiger partial charge in [-0.2, -0.15) is 0 Å². The number of halogens is 1. The van der Waals surface area contributed by atoms with Crippen LogP contribution in [0.5, 0.6) is 0 Å². The molecule has 0 saturated carbocycles. The van der Waals surface area contributed by atoms with Gasteiger partial charge in [-0.1, -0.05) is 30.3 Å². The fraction of sp³-hybridized carbons (Fsp3) is 0. The molecule has 0 atom stereocenters. The maximum atomic E-state index is 6.34. The quantitative estimate of drug-likeness (QED) is 0.622. The van der Waals surface area contributed by atoms with E-state index in [4.69, 9.17) is 11.8 Å². The Morgan fingerprint density at radius 2 is 1.56 bits per heavy atom. The van der Waals surface area contributed by atoms with Gasteiger partial charge in [0.05, 0.1) is 17.1 Å². The molecule has 0 amide bonds. The SMILES string of the molecule is ClN1c2ccccc2C=Nc2ccccc21. The van der Waals surface area contributed by atoms with Crippen molar-refractivity contribution in [2.45, 2.75) is 0 Å². The largest absolute Gasteiger partial charge is 0.254 e. The zero-order valence-corrected chi connectivity index (χ0v) is 9.22. The maximum Gasteiger partial charge on any atom is 0.0880 e. The number of fused-ring (bicyclic) bond motifs is 2. The summed E-state index contributed by atoms with van der Waals surface area (Å²) in [5.41, 5.74) is 3.77. The van der Waals surface area contributed by atoms with E-state index < -0.39 is 0 Å². The van der Waals surface area contributed by atoms with Crippen LogP contribution in [0.1, 0.15) is 5.56 Å². The van der Waals surface area contributed by atoms with Crippen LogP contribution in [0.25, 0.3) is 0 Å². The standard InChI is InChI=1S/C13H9ClN2/c14-16-12-7-3-1-5-10(12)9-15-11-6-2-4-8-13(11)16/h1-9H. The first-order valence-electron chi connectivity index (χ1n) is 5.04. The minimum absolute atomic E-state index is 0.883. The zero-order chi connectivity index (χ0) is 11.0. The first kappa shape index (κ1) is 9.43. The summed E-state index contributed by atoms with van der Waals surface area (Å²) in [4.78, 5) is 4.43. The first-order valence-corrected chi connectivity index (χ1v) is 5.38. The topological polar surface area (TPSA) is 15.6 Å². The smallest absolute Gasteiger partial charge is 0.0880 e. The van der Waals surface area contributed by atoms with Crippen LogP contribution in [0.3, 0.4) is 0 Å². The molecule has 0 saturated heterocycles. The second-order valence-corrected chi connectivity index (χ2v) is 3.92. The van der Waals surface area contributed by atoms with Gasteiger partial charge >= 0.3 is 0 Å². The molecule has 0 unspecified atom stereocenters. The van der Waals surface area contributed by atoms with Gasteiger partial charge in [-0.3, -0.25) is 9.41 Å². The molecular weight excluding hydrogens is 220 g/mol. The molecule has 0 aromatic heterocycles. The van der Waals surface area contributed by atoms with Crippen molar-refractivity contribution in [3.8, 4) is 0 Å². The van der Waals surface area contributed by atoms with Crippen molar-refractivity contribution >= 4 is 35.1 Å². The van der Waals surface area contributed by atoms with Gasteiger partial charge in [-0.15, -0.1) is 0 Å². The predicted octanol–water partition coefficient (Wildman–Crippen LogP) is 4.04. The van der Waals surface area contributed by atoms with Gasteiger partial charge in [0.25, 0.3) is 0 Å². The summed E-state index contributed by atoms with van der Waals surface area (Å²) >= 11 is 6.34. The Morgan fingerprint density at radius 3 is 2.44 bits per heavy atom. The molecule has 0 radical (unpaired) electrons. The summed E-state index contributed by atoms with van der Waals surface area (Å²) in [7, 11) is 0. The van der Waals surface area contributed by atoms with Crippen LogP contribution in [0, 0.1) is 0 Å². The fourth-order valence-corrected chi connectivity index (χ4v) is 2.08.